The Balaban J connectivity index is 1.56. The molecule has 0 unspecified atom stereocenters. The summed E-state index contributed by atoms with van der Waals surface area (Å²) < 4.78 is 0. The molecule has 1 N–H and O–H groups in total. The summed E-state index contributed by atoms with van der Waals surface area (Å²) in [6, 6.07) is 2.01. The second-order valence-electron chi connectivity index (χ2n) is 5.55. The highest BCUT2D eigenvalue weighted by Crippen LogP contribution is 2.26. The van der Waals surface area contributed by atoms with E-state index in [9.17, 15) is 4.79 Å². The molecule has 1 fully saturated rings. The Hall–Kier alpha value is -1.69. The van der Waals surface area contributed by atoms with Crippen LogP contribution in [0.4, 0.5) is 0 Å². The summed E-state index contributed by atoms with van der Waals surface area (Å²) in [4.78, 5) is 19.9. The molecule has 21 heavy (non-hydrogen) atoms. The van der Waals surface area contributed by atoms with Gasteiger partial charge in [0.05, 0.1) is 11.2 Å². The molecule has 0 bridgehead atoms. The number of aryl methyl sites for hydroxylation is 2. The number of hydrogen-bond acceptors (Lipinski definition) is 4. The lowest BCUT2D eigenvalue weighted by Crippen LogP contribution is -2.39. The number of piperidine rings is 1. The quantitative estimate of drug-likeness (QED) is 0.944. The van der Waals surface area contributed by atoms with Crippen LogP contribution in [-0.2, 0) is 11.2 Å². The average Bonchev–Trinajstić information content (AvgIpc) is 3.16. The molecule has 0 aliphatic carbocycles. The molecule has 1 saturated heterocycles. The smallest absolute Gasteiger partial charge is 0.222 e. The second-order valence-corrected chi connectivity index (χ2v) is 6.49. The maximum atomic E-state index is 12.4. The van der Waals surface area contributed by atoms with E-state index in [-0.39, 0.29) is 5.91 Å². The van der Waals surface area contributed by atoms with E-state index in [1.54, 1.807) is 17.5 Å². The van der Waals surface area contributed by atoms with E-state index in [1.165, 1.54) is 4.88 Å². The van der Waals surface area contributed by atoms with E-state index in [0.717, 1.165) is 43.7 Å². The van der Waals surface area contributed by atoms with E-state index < -0.39 is 0 Å². The van der Waals surface area contributed by atoms with Crippen molar-refractivity contribution in [2.45, 2.75) is 38.5 Å². The van der Waals surface area contributed by atoms with Crippen LogP contribution in [0.3, 0.4) is 0 Å². The number of likely N-dealkylation sites (tertiary alicyclic amines) is 1. The topological polar surface area (TPSA) is 61.9 Å². The SMILES string of the molecule is Cc1ncsc1CCC(=O)N1CCC[C@H](c2ccn[nH]2)C1. The van der Waals surface area contributed by atoms with Gasteiger partial charge in [0.1, 0.15) is 0 Å². The first kappa shape index (κ1) is 14.3. The highest BCUT2D eigenvalue weighted by atomic mass is 32.1. The number of aromatic nitrogens is 3. The number of carbonyl (C=O) groups is 1. The summed E-state index contributed by atoms with van der Waals surface area (Å²) in [5.41, 5.74) is 4.05. The standard InChI is InChI=1S/C15H20N4OS/c1-11-14(21-10-16-11)4-5-15(20)19-8-2-3-12(9-19)13-6-7-17-18-13/h6-7,10,12H,2-5,8-9H2,1H3,(H,17,18)/t12-/m0/s1. The van der Waals surface area contributed by atoms with Gasteiger partial charge in [-0.05, 0) is 32.3 Å². The Morgan fingerprint density at radius 1 is 1.57 bits per heavy atom. The monoisotopic (exact) mass is 304 g/mol. The third-order valence-corrected chi connectivity index (χ3v) is 5.14. The van der Waals surface area contributed by atoms with Crippen LogP contribution in [0.25, 0.3) is 0 Å². The number of aromatic amines is 1. The summed E-state index contributed by atoms with van der Waals surface area (Å²) in [5.74, 6) is 0.655. The summed E-state index contributed by atoms with van der Waals surface area (Å²) in [7, 11) is 0. The van der Waals surface area contributed by atoms with Gasteiger partial charge in [0, 0.05) is 42.2 Å². The number of nitrogens with one attached hydrogen (secondary N) is 1. The van der Waals surface area contributed by atoms with Crippen LogP contribution in [0.2, 0.25) is 0 Å². The number of amides is 1. The van der Waals surface area contributed by atoms with Crippen LogP contribution in [0.15, 0.2) is 17.8 Å². The van der Waals surface area contributed by atoms with Crippen molar-refractivity contribution in [1.82, 2.24) is 20.1 Å². The molecule has 6 heteroatoms. The fourth-order valence-corrected chi connectivity index (χ4v) is 3.68. The zero-order chi connectivity index (χ0) is 14.7. The molecular weight excluding hydrogens is 284 g/mol. The fourth-order valence-electron chi connectivity index (χ4n) is 2.90. The fraction of sp³-hybridized carbons (Fsp3) is 0.533. The van der Waals surface area contributed by atoms with Crippen molar-refractivity contribution < 1.29 is 4.79 Å². The van der Waals surface area contributed by atoms with Crippen LogP contribution in [0.5, 0.6) is 0 Å². The third-order valence-electron chi connectivity index (χ3n) is 4.15. The molecule has 1 amide bonds. The van der Waals surface area contributed by atoms with Crippen molar-refractivity contribution in [1.29, 1.82) is 0 Å². The lowest BCUT2D eigenvalue weighted by molar-refractivity contribution is -0.132. The molecule has 3 heterocycles. The van der Waals surface area contributed by atoms with Gasteiger partial charge in [-0.3, -0.25) is 9.89 Å². The Kier molecular flexibility index (Phi) is 4.34. The van der Waals surface area contributed by atoms with Gasteiger partial charge < -0.3 is 4.90 Å². The lowest BCUT2D eigenvalue weighted by Gasteiger charge is -2.32. The Morgan fingerprint density at radius 2 is 2.48 bits per heavy atom. The molecule has 1 aliphatic rings. The molecule has 3 rings (SSSR count). The summed E-state index contributed by atoms with van der Waals surface area (Å²) in [6.45, 7) is 3.69. The van der Waals surface area contributed by atoms with Crippen molar-refractivity contribution in [2.75, 3.05) is 13.1 Å². The molecular formula is C15H20N4OS. The van der Waals surface area contributed by atoms with Gasteiger partial charge in [-0.25, -0.2) is 4.98 Å². The predicted molar refractivity (Wildman–Crippen MR) is 82.3 cm³/mol. The van der Waals surface area contributed by atoms with Crippen molar-refractivity contribution in [2.24, 2.45) is 0 Å². The second kappa shape index (κ2) is 6.39. The number of thiazole rings is 1. The highest BCUT2D eigenvalue weighted by molar-refractivity contribution is 7.09. The molecule has 112 valence electrons. The molecule has 0 spiro atoms. The van der Waals surface area contributed by atoms with Gasteiger partial charge in [0.15, 0.2) is 0 Å². The zero-order valence-electron chi connectivity index (χ0n) is 12.2. The molecule has 0 saturated carbocycles. The Morgan fingerprint density at radius 3 is 3.19 bits per heavy atom. The van der Waals surface area contributed by atoms with Crippen molar-refractivity contribution in [3.63, 3.8) is 0 Å². The Labute approximate surface area is 128 Å². The van der Waals surface area contributed by atoms with Crippen LogP contribution in [0, 0.1) is 6.92 Å². The maximum absolute atomic E-state index is 12.4. The van der Waals surface area contributed by atoms with Gasteiger partial charge in [-0.15, -0.1) is 11.3 Å². The Bertz CT molecular complexity index is 593. The van der Waals surface area contributed by atoms with E-state index >= 15 is 0 Å². The minimum Gasteiger partial charge on any atom is -0.342 e. The number of rotatable bonds is 4. The molecule has 5 nitrogen and oxygen atoms in total. The van der Waals surface area contributed by atoms with Crippen LogP contribution < -0.4 is 0 Å². The first-order valence-corrected chi connectivity index (χ1v) is 8.28. The van der Waals surface area contributed by atoms with Crippen LogP contribution in [-0.4, -0.2) is 39.1 Å². The lowest BCUT2D eigenvalue weighted by atomic mass is 9.94. The predicted octanol–water partition coefficient (Wildman–Crippen LogP) is 2.51. The van der Waals surface area contributed by atoms with Gasteiger partial charge in [0.25, 0.3) is 0 Å². The van der Waals surface area contributed by atoms with Gasteiger partial charge in [-0.1, -0.05) is 0 Å². The van der Waals surface area contributed by atoms with Gasteiger partial charge in [0.2, 0.25) is 5.91 Å². The third kappa shape index (κ3) is 3.32. The van der Waals surface area contributed by atoms with Crippen molar-refractivity contribution in [3.8, 4) is 0 Å². The average molecular weight is 304 g/mol. The first-order valence-electron chi connectivity index (χ1n) is 7.40. The minimum atomic E-state index is 0.256. The van der Waals surface area contributed by atoms with Crippen LogP contribution in [0.1, 0.15) is 41.4 Å². The van der Waals surface area contributed by atoms with E-state index in [4.69, 9.17) is 0 Å². The normalized spacial score (nSPS) is 18.9. The van der Waals surface area contributed by atoms with E-state index in [2.05, 4.69) is 15.2 Å². The van der Waals surface area contributed by atoms with Crippen molar-refractivity contribution in [3.05, 3.63) is 34.0 Å². The summed E-state index contributed by atoms with van der Waals surface area (Å²) in [5, 5.41) is 7.05. The van der Waals surface area contributed by atoms with E-state index in [1.807, 2.05) is 23.4 Å². The molecule has 0 radical (unpaired) electrons. The molecule has 1 atom stereocenters. The highest BCUT2D eigenvalue weighted by Gasteiger charge is 2.25. The molecule has 1 aliphatic heterocycles. The first-order chi connectivity index (χ1) is 10.2. The number of nitrogens with zero attached hydrogens (tertiary/aromatic N) is 3. The molecule has 0 aromatic carbocycles. The summed E-state index contributed by atoms with van der Waals surface area (Å²) >= 11 is 1.64. The number of H-pyrrole nitrogens is 1. The van der Waals surface area contributed by atoms with Crippen LogP contribution >= 0.6 is 11.3 Å². The van der Waals surface area contributed by atoms with Crippen molar-refractivity contribution >= 4 is 17.2 Å². The van der Waals surface area contributed by atoms with E-state index in [0.29, 0.717) is 12.3 Å². The molecule has 2 aromatic heterocycles. The number of carbonyl (C=O) groups excluding carboxylic acids is 1. The largest absolute Gasteiger partial charge is 0.342 e. The maximum Gasteiger partial charge on any atom is 0.222 e. The minimum absolute atomic E-state index is 0.256. The zero-order valence-corrected chi connectivity index (χ0v) is 13.0. The molecule has 2 aromatic rings. The van der Waals surface area contributed by atoms with Gasteiger partial charge in [-0.2, -0.15) is 5.10 Å². The number of hydrogen-bond donors (Lipinski definition) is 1. The van der Waals surface area contributed by atoms with Gasteiger partial charge >= 0.3 is 0 Å². The summed E-state index contributed by atoms with van der Waals surface area (Å²) in [6.07, 6.45) is 5.36.